The van der Waals surface area contributed by atoms with E-state index in [-0.39, 0.29) is 5.91 Å². The number of hydrogen-bond acceptors (Lipinski definition) is 3. The van der Waals surface area contributed by atoms with E-state index in [2.05, 4.69) is 17.1 Å². The second-order valence-corrected chi connectivity index (χ2v) is 6.37. The summed E-state index contributed by atoms with van der Waals surface area (Å²) < 4.78 is 5.71. The first kappa shape index (κ1) is 15.8. The van der Waals surface area contributed by atoms with E-state index in [0.29, 0.717) is 18.1 Å². The quantitative estimate of drug-likeness (QED) is 0.729. The van der Waals surface area contributed by atoms with E-state index in [0.717, 1.165) is 26.1 Å². The maximum absolute atomic E-state index is 11.2. The van der Waals surface area contributed by atoms with E-state index in [9.17, 15) is 4.79 Å². The highest BCUT2D eigenvalue weighted by Gasteiger charge is 2.38. The SMILES string of the molecule is CCCCCCCN1C2COCC1CC(NC(C)=O)C2. The summed E-state index contributed by atoms with van der Waals surface area (Å²) >= 11 is 0. The minimum Gasteiger partial charge on any atom is -0.378 e. The van der Waals surface area contributed by atoms with E-state index in [1.54, 1.807) is 6.92 Å². The van der Waals surface area contributed by atoms with Gasteiger partial charge < -0.3 is 10.1 Å². The molecule has 2 atom stereocenters. The van der Waals surface area contributed by atoms with Crippen molar-refractivity contribution in [1.82, 2.24) is 10.2 Å². The standard InChI is InChI=1S/C16H30N2O2/c1-3-4-5-6-7-8-18-15-9-14(17-13(2)19)10-16(18)12-20-11-15/h14-16H,3-12H2,1-2H3,(H,17,19). The second-order valence-electron chi connectivity index (χ2n) is 6.37. The van der Waals surface area contributed by atoms with Crippen LogP contribution >= 0.6 is 0 Å². The molecule has 4 heteroatoms. The van der Waals surface area contributed by atoms with E-state index in [4.69, 9.17) is 4.74 Å². The van der Waals surface area contributed by atoms with Crippen molar-refractivity contribution in [3.63, 3.8) is 0 Å². The Labute approximate surface area is 123 Å². The molecule has 2 unspecified atom stereocenters. The van der Waals surface area contributed by atoms with Crippen LogP contribution in [0, 0.1) is 0 Å². The number of piperidine rings is 1. The average molecular weight is 282 g/mol. The summed E-state index contributed by atoms with van der Waals surface area (Å²) in [6.45, 7) is 6.75. The molecule has 4 nitrogen and oxygen atoms in total. The van der Waals surface area contributed by atoms with Gasteiger partial charge in [0.25, 0.3) is 0 Å². The largest absolute Gasteiger partial charge is 0.378 e. The van der Waals surface area contributed by atoms with Crippen LogP contribution in [0.3, 0.4) is 0 Å². The van der Waals surface area contributed by atoms with Crippen LogP contribution in [0.15, 0.2) is 0 Å². The van der Waals surface area contributed by atoms with Gasteiger partial charge >= 0.3 is 0 Å². The van der Waals surface area contributed by atoms with Crippen molar-refractivity contribution in [1.29, 1.82) is 0 Å². The number of nitrogens with one attached hydrogen (secondary N) is 1. The molecule has 2 aliphatic rings. The van der Waals surface area contributed by atoms with Gasteiger partial charge in [-0.3, -0.25) is 9.69 Å². The van der Waals surface area contributed by atoms with E-state index >= 15 is 0 Å². The third-order valence-electron chi connectivity index (χ3n) is 4.60. The molecule has 0 aromatic carbocycles. The molecule has 2 aliphatic heterocycles. The van der Waals surface area contributed by atoms with E-state index in [1.807, 2.05) is 0 Å². The maximum atomic E-state index is 11.2. The van der Waals surface area contributed by atoms with Gasteiger partial charge in [-0.25, -0.2) is 0 Å². The topological polar surface area (TPSA) is 41.6 Å². The summed E-state index contributed by atoms with van der Waals surface area (Å²) in [6.07, 6.45) is 8.78. The smallest absolute Gasteiger partial charge is 0.217 e. The molecule has 2 saturated heterocycles. The lowest BCUT2D eigenvalue weighted by molar-refractivity contribution is -0.122. The summed E-state index contributed by atoms with van der Waals surface area (Å²) in [4.78, 5) is 13.9. The number of hydrogen-bond donors (Lipinski definition) is 1. The van der Waals surface area contributed by atoms with Crippen LogP contribution in [-0.2, 0) is 9.53 Å². The lowest BCUT2D eigenvalue weighted by Crippen LogP contribution is -2.60. The van der Waals surface area contributed by atoms with Crippen LogP contribution in [0.5, 0.6) is 0 Å². The molecular formula is C16H30N2O2. The summed E-state index contributed by atoms with van der Waals surface area (Å²) in [7, 11) is 0. The number of ether oxygens (including phenoxy) is 1. The number of fused-ring (bicyclic) bond motifs is 2. The number of carbonyl (C=O) groups excluding carboxylic acids is 1. The Morgan fingerprint density at radius 3 is 2.40 bits per heavy atom. The molecule has 0 radical (unpaired) electrons. The number of morpholine rings is 1. The lowest BCUT2D eigenvalue weighted by Gasteiger charge is -2.48. The number of unbranched alkanes of at least 4 members (excludes halogenated alkanes) is 4. The molecule has 0 saturated carbocycles. The monoisotopic (exact) mass is 282 g/mol. The first-order chi connectivity index (χ1) is 9.70. The zero-order valence-corrected chi connectivity index (χ0v) is 13.1. The fraction of sp³-hybridized carbons (Fsp3) is 0.938. The molecule has 2 fully saturated rings. The van der Waals surface area contributed by atoms with Crippen molar-refractivity contribution in [2.75, 3.05) is 19.8 Å². The predicted octanol–water partition coefficient (Wildman–Crippen LogP) is 2.32. The minimum absolute atomic E-state index is 0.0991. The van der Waals surface area contributed by atoms with Crippen LogP contribution in [0.2, 0.25) is 0 Å². The molecule has 2 bridgehead atoms. The van der Waals surface area contributed by atoms with Gasteiger partial charge in [-0.1, -0.05) is 32.6 Å². The molecule has 0 aromatic rings. The Morgan fingerprint density at radius 2 is 1.80 bits per heavy atom. The molecule has 20 heavy (non-hydrogen) atoms. The Balaban J connectivity index is 1.77. The second kappa shape index (κ2) is 7.99. The van der Waals surface area contributed by atoms with Crippen molar-refractivity contribution < 1.29 is 9.53 Å². The molecular weight excluding hydrogens is 252 g/mol. The van der Waals surface area contributed by atoms with Crippen molar-refractivity contribution >= 4 is 5.91 Å². The maximum Gasteiger partial charge on any atom is 0.217 e. The predicted molar refractivity (Wildman–Crippen MR) is 80.7 cm³/mol. The summed E-state index contributed by atoms with van der Waals surface area (Å²) in [5, 5.41) is 3.09. The summed E-state index contributed by atoms with van der Waals surface area (Å²) in [5.74, 6) is 0.0991. The van der Waals surface area contributed by atoms with Gasteiger partial charge in [0.1, 0.15) is 0 Å². The van der Waals surface area contributed by atoms with Crippen molar-refractivity contribution in [2.45, 2.75) is 76.9 Å². The van der Waals surface area contributed by atoms with Gasteiger partial charge in [-0.15, -0.1) is 0 Å². The van der Waals surface area contributed by atoms with Gasteiger partial charge in [-0.2, -0.15) is 0 Å². The molecule has 1 N–H and O–H groups in total. The van der Waals surface area contributed by atoms with Crippen molar-refractivity contribution in [2.24, 2.45) is 0 Å². The van der Waals surface area contributed by atoms with Gasteiger partial charge in [0.2, 0.25) is 5.91 Å². The Bertz CT molecular complexity index is 295. The first-order valence-corrected chi connectivity index (χ1v) is 8.31. The number of rotatable bonds is 7. The average Bonchev–Trinajstić information content (AvgIpc) is 2.38. The zero-order valence-electron chi connectivity index (χ0n) is 13.1. The third kappa shape index (κ3) is 4.45. The van der Waals surface area contributed by atoms with Crippen LogP contribution in [-0.4, -0.2) is 48.7 Å². The van der Waals surface area contributed by atoms with Gasteiger partial charge in [-0.05, 0) is 25.8 Å². The highest BCUT2D eigenvalue weighted by atomic mass is 16.5. The molecule has 0 aliphatic carbocycles. The normalized spacial score (nSPS) is 30.2. The highest BCUT2D eigenvalue weighted by molar-refractivity contribution is 5.73. The molecule has 2 heterocycles. The van der Waals surface area contributed by atoms with Gasteiger partial charge in [0, 0.05) is 25.0 Å². The van der Waals surface area contributed by atoms with Crippen LogP contribution in [0.25, 0.3) is 0 Å². The zero-order chi connectivity index (χ0) is 14.4. The third-order valence-corrected chi connectivity index (χ3v) is 4.60. The highest BCUT2D eigenvalue weighted by Crippen LogP contribution is 2.28. The van der Waals surface area contributed by atoms with Crippen molar-refractivity contribution in [3.8, 4) is 0 Å². The molecule has 116 valence electrons. The minimum atomic E-state index is 0.0991. The first-order valence-electron chi connectivity index (χ1n) is 8.31. The fourth-order valence-corrected chi connectivity index (χ4v) is 3.66. The van der Waals surface area contributed by atoms with E-state index < -0.39 is 0 Å². The molecule has 1 amide bonds. The summed E-state index contributed by atoms with van der Waals surface area (Å²) in [5.41, 5.74) is 0. The molecule has 0 spiro atoms. The lowest BCUT2D eigenvalue weighted by atomic mass is 9.89. The molecule has 0 aromatic heterocycles. The Kier molecular flexibility index (Phi) is 6.30. The van der Waals surface area contributed by atoms with Gasteiger partial charge in [0.15, 0.2) is 0 Å². The summed E-state index contributed by atoms with van der Waals surface area (Å²) in [6, 6.07) is 1.36. The van der Waals surface area contributed by atoms with Crippen molar-refractivity contribution in [3.05, 3.63) is 0 Å². The van der Waals surface area contributed by atoms with Crippen LogP contribution in [0.4, 0.5) is 0 Å². The van der Waals surface area contributed by atoms with Gasteiger partial charge in [0.05, 0.1) is 13.2 Å². The Hall–Kier alpha value is -0.610. The Morgan fingerprint density at radius 1 is 1.15 bits per heavy atom. The van der Waals surface area contributed by atoms with E-state index in [1.165, 1.54) is 38.6 Å². The van der Waals surface area contributed by atoms with Crippen LogP contribution in [0.1, 0.15) is 58.8 Å². The fourth-order valence-electron chi connectivity index (χ4n) is 3.66. The number of amides is 1. The van der Waals surface area contributed by atoms with Crippen LogP contribution < -0.4 is 5.32 Å². The number of carbonyl (C=O) groups is 1. The molecule has 2 rings (SSSR count). The number of nitrogens with zero attached hydrogens (tertiary/aromatic N) is 1.